The van der Waals surface area contributed by atoms with Crippen LogP contribution in [-0.2, 0) is 9.59 Å². The zero-order valence-corrected chi connectivity index (χ0v) is 17.6. The SMILES string of the molecule is COc1cc(C2CC(=O)Nc3c2ccc(NC(=O)CC(C)C)c3C)cc2c1OCO2. The molecule has 2 aliphatic heterocycles. The van der Waals surface area contributed by atoms with Gasteiger partial charge in [-0.2, -0.15) is 0 Å². The van der Waals surface area contributed by atoms with Crippen molar-refractivity contribution in [3.8, 4) is 17.2 Å². The van der Waals surface area contributed by atoms with Crippen LogP contribution in [0.15, 0.2) is 24.3 Å². The number of carbonyl (C=O) groups is 2. The average molecular weight is 410 g/mol. The molecule has 1 atom stereocenters. The highest BCUT2D eigenvalue weighted by atomic mass is 16.7. The first-order valence-corrected chi connectivity index (χ1v) is 10.1. The summed E-state index contributed by atoms with van der Waals surface area (Å²) in [7, 11) is 1.58. The lowest BCUT2D eigenvalue weighted by molar-refractivity contribution is -0.117. The zero-order chi connectivity index (χ0) is 21.4. The molecular formula is C23H26N2O5. The summed E-state index contributed by atoms with van der Waals surface area (Å²) in [4.78, 5) is 24.8. The molecule has 0 aromatic heterocycles. The van der Waals surface area contributed by atoms with Gasteiger partial charge in [0.1, 0.15) is 0 Å². The molecule has 2 amide bonds. The van der Waals surface area contributed by atoms with Crippen molar-refractivity contribution in [2.24, 2.45) is 5.92 Å². The van der Waals surface area contributed by atoms with Gasteiger partial charge in [0.05, 0.1) is 7.11 Å². The first-order valence-electron chi connectivity index (χ1n) is 10.1. The van der Waals surface area contributed by atoms with Crippen LogP contribution in [0.2, 0.25) is 0 Å². The van der Waals surface area contributed by atoms with E-state index in [4.69, 9.17) is 14.2 Å². The van der Waals surface area contributed by atoms with E-state index >= 15 is 0 Å². The minimum absolute atomic E-state index is 0.0350. The number of amides is 2. The zero-order valence-electron chi connectivity index (χ0n) is 17.6. The molecule has 7 heteroatoms. The minimum Gasteiger partial charge on any atom is -0.493 e. The molecule has 2 aromatic carbocycles. The Hall–Kier alpha value is -3.22. The third-order valence-corrected chi connectivity index (χ3v) is 5.48. The Labute approximate surface area is 175 Å². The number of benzene rings is 2. The Kier molecular flexibility index (Phi) is 5.28. The Balaban J connectivity index is 1.72. The molecule has 0 saturated heterocycles. The van der Waals surface area contributed by atoms with E-state index < -0.39 is 0 Å². The van der Waals surface area contributed by atoms with Crippen LogP contribution in [0.3, 0.4) is 0 Å². The van der Waals surface area contributed by atoms with E-state index in [2.05, 4.69) is 10.6 Å². The van der Waals surface area contributed by atoms with E-state index in [1.807, 2.05) is 45.0 Å². The predicted octanol–water partition coefficient (Wildman–Crippen LogP) is 4.19. The molecule has 0 bridgehead atoms. The van der Waals surface area contributed by atoms with Crippen molar-refractivity contribution in [2.45, 2.75) is 39.5 Å². The number of methoxy groups -OCH3 is 1. The van der Waals surface area contributed by atoms with Crippen molar-refractivity contribution >= 4 is 23.2 Å². The van der Waals surface area contributed by atoms with Gasteiger partial charge in [0.2, 0.25) is 24.4 Å². The fourth-order valence-corrected chi connectivity index (χ4v) is 4.03. The molecule has 2 N–H and O–H groups in total. The van der Waals surface area contributed by atoms with E-state index in [1.54, 1.807) is 7.11 Å². The minimum atomic E-state index is -0.156. The summed E-state index contributed by atoms with van der Waals surface area (Å²) in [6.45, 7) is 6.07. The summed E-state index contributed by atoms with van der Waals surface area (Å²) in [6, 6.07) is 7.68. The quantitative estimate of drug-likeness (QED) is 0.772. The lowest BCUT2D eigenvalue weighted by Crippen LogP contribution is -2.25. The van der Waals surface area contributed by atoms with Gasteiger partial charge in [-0.25, -0.2) is 0 Å². The van der Waals surface area contributed by atoms with Gasteiger partial charge in [-0.15, -0.1) is 0 Å². The molecule has 0 radical (unpaired) electrons. The van der Waals surface area contributed by atoms with Gasteiger partial charge < -0.3 is 24.8 Å². The molecule has 0 spiro atoms. The normalized spacial score (nSPS) is 16.8. The van der Waals surface area contributed by atoms with Gasteiger partial charge in [-0.05, 0) is 47.7 Å². The number of hydrogen-bond acceptors (Lipinski definition) is 5. The summed E-state index contributed by atoms with van der Waals surface area (Å²) in [5.74, 6) is 1.79. The van der Waals surface area contributed by atoms with Crippen molar-refractivity contribution in [3.63, 3.8) is 0 Å². The van der Waals surface area contributed by atoms with Crippen molar-refractivity contribution in [3.05, 3.63) is 41.0 Å². The summed E-state index contributed by atoms with van der Waals surface area (Å²) in [5.41, 5.74) is 4.22. The molecule has 4 rings (SSSR count). The van der Waals surface area contributed by atoms with Crippen molar-refractivity contribution in [1.29, 1.82) is 0 Å². The Bertz CT molecular complexity index is 1020. The number of nitrogens with one attached hydrogen (secondary N) is 2. The first kappa shape index (κ1) is 20.1. The predicted molar refractivity (Wildman–Crippen MR) is 113 cm³/mol. The van der Waals surface area contributed by atoms with E-state index in [0.717, 1.165) is 22.4 Å². The van der Waals surface area contributed by atoms with Gasteiger partial charge in [-0.3, -0.25) is 9.59 Å². The first-order chi connectivity index (χ1) is 14.4. The van der Waals surface area contributed by atoms with Crippen molar-refractivity contribution in [1.82, 2.24) is 0 Å². The summed E-state index contributed by atoms with van der Waals surface area (Å²) in [6.07, 6.45) is 0.761. The molecule has 2 aromatic rings. The molecule has 158 valence electrons. The number of carbonyl (C=O) groups excluding carboxylic acids is 2. The van der Waals surface area contributed by atoms with Crippen LogP contribution in [0.5, 0.6) is 17.2 Å². The number of hydrogen-bond donors (Lipinski definition) is 2. The van der Waals surface area contributed by atoms with Gasteiger partial charge >= 0.3 is 0 Å². The van der Waals surface area contributed by atoms with Gasteiger partial charge in [0, 0.05) is 30.1 Å². The van der Waals surface area contributed by atoms with Gasteiger partial charge in [0.15, 0.2) is 11.5 Å². The second-order valence-electron chi connectivity index (χ2n) is 8.11. The highest BCUT2D eigenvalue weighted by Gasteiger charge is 2.31. The van der Waals surface area contributed by atoms with Crippen LogP contribution >= 0.6 is 0 Å². The Morgan fingerprint density at radius 3 is 2.83 bits per heavy atom. The smallest absolute Gasteiger partial charge is 0.231 e. The maximum Gasteiger partial charge on any atom is 0.231 e. The van der Waals surface area contributed by atoms with Crippen LogP contribution in [-0.4, -0.2) is 25.7 Å². The Morgan fingerprint density at radius 2 is 2.10 bits per heavy atom. The van der Waals surface area contributed by atoms with Crippen LogP contribution < -0.4 is 24.8 Å². The highest BCUT2D eigenvalue weighted by molar-refractivity contribution is 5.99. The topological polar surface area (TPSA) is 85.9 Å². The van der Waals surface area contributed by atoms with E-state index in [9.17, 15) is 9.59 Å². The standard InChI is InChI=1S/C23H26N2O5/c1-12(2)7-20(26)24-17-6-5-15-16(10-21(27)25-22(15)13(17)3)14-8-18(28-4)23-19(9-14)29-11-30-23/h5-6,8-9,12,16H,7,10-11H2,1-4H3,(H,24,26)(H,25,27). The van der Waals surface area contributed by atoms with Crippen molar-refractivity contribution < 1.29 is 23.8 Å². The molecule has 1 unspecified atom stereocenters. The number of rotatable bonds is 5. The second kappa shape index (κ2) is 7.89. The van der Waals surface area contributed by atoms with Gasteiger partial charge in [0.25, 0.3) is 0 Å². The lowest BCUT2D eigenvalue weighted by atomic mass is 9.83. The maximum atomic E-state index is 12.5. The third kappa shape index (κ3) is 3.67. The maximum absolute atomic E-state index is 12.5. The van der Waals surface area contributed by atoms with E-state index in [1.165, 1.54) is 0 Å². The molecular weight excluding hydrogens is 384 g/mol. The molecule has 0 fully saturated rings. The number of anilines is 2. The summed E-state index contributed by atoms with van der Waals surface area (Å²) in [5, 5.41) is 5.95. The molecule has 30 heavy (non-hydrogen) atoms. The van der Waals surface area contributed by atoms with Crippen LogP contribution in [0.25, 0.3) is 0 Å². The Morgan fingerprint density at radius 1 is 1.30 bits per heavy atom. The molecule has 2 aliphatic rings. The average Bonchev–Trinajstić information content (AvgIpc) is 3.17. The fourth-order valence-electron chi connectivity index (χ4n) is 4.03. The molecule has 0 saturated carbocycles. The van der Waals surface area contributed by atoms with E-state index in [-0.39, 0.29) is 30.4 Å². The third-order valence-electron chi connectivity index (χ3n) is 5.48. The van der Waals surface area contributed by atoms with E-state index in [0.29, 0.717) is 35.8 Å². The van der Waals surface area contributed by atoms with Crippen LogP contribution in [0, 0.1) is 12.8 Å². The molecule has 0 aliphatic carbocycles. The summed E-state index contributed by atoms with van der Waals surface area (Å²) < 4.78 is 16.5. The molecule has 2 heterocycles. The summed E-state index contributed by atoms with van der Waals surface area (Å²) >= 11 is 0. The van der Waals surface area contributed by atoms with Crippen LogP contribution in [0.1, 0.15) is 49.3 Å². The lowest BCUT2D eigenvalue weighted by Gasteiger charge is -2.29. The monoisotopic (exact) mass is 410 g/mol. The second-order valence-corrected chi connectivity index (χ2v) is 8.11. The number of fused-ring (bicyclic) bond motifs is 2. The fraction of sp³-hybridized carbons (Fsp3) is 0.391. The number of ether oxygens (including phenoxy) is 3. The largest absolute Gasteiger partial charge is 0.493 e. The molecule has 7 nitrogen and oxygen atoms in total. The van der Waals surface area contributed by atoms with Crippen molar-refractivity contribution in [2.75, 3.05) is 24.5 Å². The van der Waals surface area contributed by atoms with Gasteiger partial charge in [-0.1, -0.05) is 19.9 Å². The highest BCUT2D eigenvalue weighted by Crippen LogP contribution is 2.47. The van der Waals surface area contributed by atoms with Crippen LogP contribution in [0.4, 0.5) is 11.4 Å².